The van der Waals surface area contributed by atoms with E-state index in [-0.39, 0.29) is 12.2 Å². The number of hydrogen-bond acceptors (Lipinski definition) is 4. The van der Waals surface area contributed by atoms with Crippen LogP contribution in [-0.4, -0.2) is 28.9 Å². The van der Waals surface area contributed by atoms with Gasteiger partial charge in [0.05, 0.1) is 6.04 Å². The highest BCUT2D eigenvalue weighted by molar-refractivity contribution is 5.84. The van der Waals surface area contributed by atoms with Crippen molar-refractivity contribution < 1.29 is 14.7 Å². The molecular formula is C12H24N2O3. The van der Waals surface area contributed by atoms with Crippen LogP contribution in [0.15, 0.2) is 0 Å². The molecule has 0 aromatic heterocycles. The van der Waals surface area contributed by atoms with Crippen molar-refractivity contribution in [2.75, 3.05) is 0 Å². The summed E-state index contributed by atoms with van der Waals surface area (Å²) in [5, 5.41) is 8.59. The van der Waals surface area contributed by atoms with Gasteiger partial charge in [-0.2, -0.15) is 0 Å². The third-order valence-electron chi connectivity index (χ3n) is 2.77. The van der Waals surface area contributed by atoms with Crippen LogP contribution in [0.3, 0.4) is 0 Å². The molecule has 5 N–H and O–H groups in total. The lowest BCUT2D eigenvalue weighted by Gasteiger charge is -2.13. The van der Waals surface area contributed by atoms with Crippen LogP contribution < -0.4 is 11.5 Å². The molecule has 0 fully saturated rings. The van der Waals surface area contributed by atoms with Crippen molar-refractivity contribution in [2.24, 2.45) is 11.5 Å². The molecule has 0 saturated heterocycles. The standard InChI is InChI=1S/C12H24N2O3/c1-2-3-4-5-6-7-11(15)9(13)8-10(14)12(16)17/h9-10H,2-8,13-14H2,1H3,(H,16,17). The SMILES string of the molecule is CCCCCCCC(=O)C(N)CC(N)C(=O)O. The van der Waals surface area contributed by atoms with Crippen molar-refractivity contribution >= 4 is 11.8 Å². The van der Waals surface area contributed by atoms with Gasteiger partial charge in [-0.1, -0.05) is 32.6 Å². The zero-order valence-corrected chi connectivity index (χ0v) is 10.5. The minimum absolute atomic E-state index is 0.0170. The molecule has 100 valence electrons. The van der Waals surface area contributed by atoms with Gasteiger partial charge in [0.1, 0.15) is 11.8 Å². The molecule has 0 radical (unpaired) electrons. The maximum absolute atomic E-state index is 11.6. The number of nitrogens with two attached hydrogens (primary N) is 2. The first kappa shape index (κ1) is 16.1. The fourth-order valence-electron chi connectivity index (χ4n) is 1.59. The molecule has 2 atom stereocenters. The average Bonchev–Trinajstić information content (AvgIpc) is 2.28. The normalized spacial score (nSPS) is 14.3. The summed E-state index contributed by atoms with van der Waals surface area (Å²) in [6, 6.07) is -1.79. The van der Waals surface area contributed by atoms with Gasteiger partial charge in [0.25, 0.3) is 0 Å². The number of rotatable bonds is 10. The molecule has 5 nitrogen and oxygen atoms in total. The van der Waals surface area contributed by atoms with E-state index >= 15 is 0 Å². The van der Waals surface area contributed by atoms with E-state index in [4.69, 9.17) is 16.6 Å². The third-order valence-corrected chi connectivity index (χ3v) is 2.77. The van der Waals surface area contributed by atoms with Gasteiger partial charge < -0.3 is 16.6 Å². The topological polar surface area (TPSA) is 106 Å². The van der Waals surface area contributed by atoms with Crippen LogP contribution in [0.1, 0.15) is 51.9 Å². The van der Waals surface area contributed by atoms with Gasteiger partial charge in [-0.25, -0.2) is 0 Å². The van der Waals surface area contributed by atoms with Gasteiger partial charge in [0, 0.05) is 6.42 Å². The van der Waals surface area contributed by atoms with Gasteiger partial charge in [-0.15, -0.1) is 0 Å². The van der Waals surface area contributed by atoms with Crippen LogP contribution in [0.5, 0.6) is 0 Å². The van der Waals surface area contributed by atoms with E-state index in [0.29, 0.717) is 6.42 Å². The second kappa shape index (κ2) is 9.13. The summed E-state index contributed by atoms with van der Waals surface area (Å²) in [6.07, 6.45) is 5.78. The number of carboxylic acid groups (broad SMARTS) is 1. The number of ketones is 1. The van der Waals surface area contributed by atoms with Gasteiger partial charge >= 0.3 is 5.97 Å². The van der Waals surface area contributed by atoms with E-state index in [2.05, 4.69) is 6.92 Å². The molecule has 0 spiro atoms. The first-order valence-electron chi connectivity index (χ1n) is 6.25. The lowest BCUT2D eigenvalue weighted by atomic mass is 10.00. The van der Waals surface area contributed by atoms with Crippen molar-refractivity contribution in [3.05, 3.63) is 0 Å². The summed E-state index contributed by atoms with van der Waals surface area (Å²) < 4.78 is 0. The van der Waals surface area contributed by atoms with E-state index in [1.807, 2.05) is 0 Å². The Morgan fingerprint density at radius 1 is 1.06 bits per heavy atom. The summed E-state index contributed by atoms with van der Waals surface area (Å²) in [7, 11) is 0. The largest absolute Gasteiger partial charge is 0.480 e. The van der Waals surface area contributed by atoms with Crippen LogP contribution in [0.25, 0.3) is 0 Å². The van der Waals surface area contributed by atoms with Crippen molar-refractivity contribution in [1.29, 1.82) is 0 Å². The Balaban J connectivity index is 3.71. The average molecular weight is 244 g/mol. The number of carbonyl (C=O) groups excluding carboxylic acids is 1. The number of unbranched alkanes of at least 4 members (excludes halogenated alkanes) is 4. The molecular weight excluding hydrogens is 220 g/mol. The van der Waals surface area contributed by atoms with Gasteiger partial charge in [-0.05, 0) is 12.8 Å². The Morgan fingerprint density at radius 3 is 2.18 bits per heavy atom. The summed E-state index contributed by atoms with van der Waals surface area (Å²) in [5.74, 6) is -1.20. The smallest absolute Gasteiger partial charge is 0.320 e. The Bertz CT molecular complexity index is 244. The van der Waals surface area contributed by atoms with Crippen LogP contribution in [0, 0.1) is 0 Å². The van der Waals surface area contributed by atoms with Crippen LogP contribution in [0.2, 0.25) is 0 Å². The molecule has 2 unspecified atom stereocenters. The van der Waals surface area contributed by atoms with Crippen molar-refractivity contribution in [3.8, 4) is 0 Å². The molecule has 0 amide bonds. The molecule has 0 bridgehead atoms. The minimum atomic E-state index is -1.11. The molecule has 0 saturated carbocycles. The number of Topliss-reactive ketones (excluding diaryl/α,β-unsaturated/α-hetero) is 1. The molecule has 0 rings (SSSR count). The lowest BCUT2D eigenvalue weighted by Crippen LogP contribution is -2.41. The zero-order valence-electron chi connectivity index (χ0n) is 10.5. The van der Waals surface area contributed by atoms with E-state index < -0.39 is 18.1 Å². The maximum atomic E-state index is 11.6. The summed E-state index contributed by atoms with van der Waals surface area (Å²) in [4.78, 5) is 22.1. The van der Waals surface area contributed by atoms with E-state index in [1.54, 1.807) is 0 Å². The fourth-order valence-corrected chi connectivity index (χ4v) is 1.59. The molecule has 17 heavy (non-hydrogen) atoms. The fraction of sp³-hybridized carbons (Fsp3) is 0.833. The quantitative estimate of drug-likeness (QED) is 0.498. The first-order chi connectivity index (χ1) is 7.99. The second-order valence-corrected chi connectivity index (χ2v) is 4.42. The predicted octanol–water partition coefficient (Wildman–Crippen LogP) is 1.05. The Morgan fingerprint density at radius 2 is 1.65 bits per heavy atom. The maximum Gasteiger partial charge on any atom is 0.320 e. The summed E-state index contributed by atoms with van der Waals surface area (Å²) in [6.45, 7) is 2.13. The molecule has 0 aliphatic heterocycles. The summed E-state index contributed by atoms with van der Waals surface area (Å²) in [5.41, 5.74) is 10.9. The number of hydrogen-bond donors (Lipinski definition) is 3. The highest BCUT2D eigenvalue weighted by Crippen LogP contribution is 2.07. The van der Waals surface area contributed by atoms with Gasteiger partial charge in [0.15, 0.2) is 0 Å². The molecule has 0 aromatic rings. The zero-order chi connectivity index (χ0) is 13.3. The Hall–Kier alpha value is -0.940. The van der Waals surface area contributed by atoms with E-state index in [1.165, 1.54) is 12.8 Å². The summed E-state index contributed by atoms with van der Waals surface area (Å²) >= 11 is 0. The Kier molecular flexibility index (Phi) is 8.62. The van der Waals surface area contributed by atoms with Crippen molar-refractivity contribution in [2.45, 2.75) is 64.0 Å². The molecule has 5 heteroatoms. The minimum Gasteiger partial charge on any atom is -0.480 e. The third kappa shape index (κ3) is 7.88. The van der Waals surface area contributed by atoms with Crippen molar-refractivity contribution in [1.82, 2.24) is 0 Å². The molecule has 0 heterocycles. The highest BCUT2D eigenvalue weighted by atomic mass is 16.4. The highest BCUT2D eigenvalue weighted by Gasteiger charge is 2.20. The Labute approximate surface area is 103 Å². The predicted molar refractivity (Wildman–Crippen MR) is 66.6 cm³/mol. The van der Waals surface area contributed by atoms with E-state index in [9.17, 15) is 9.59 Å². The van der Waals surface area contributed by atoms with Crippen molar-refractivity contribution in [3.63, 3.8) is 0 Å². The van der Waals surface area contributed by atoms with Gasteiger partial charge in [0.2, 0.25) is 0 Å². The monoisotopic (exact) mass is 244 g/mol. The lowest BCUT2D eigenvalue weighted by molar-refractivity contribution is -0.138. The van der Waals surface area contributed by atoms with E-state index in [0.717, 1.165) is 19.3 Å². The second-order valence-electron chi connectivity index (χ2n) is 4.42. The number of carbonyl (C=O) groups is 2. The molecule has 0 aliphatic rings. The van der Waals surface area contributed by atoms with Crippen LogP contribution in [0.4, 0.5) is 0 Å². The van der Waals surface area contributed by atoms with Crippen LogP contribution >= 0.6 is 0 Å². The number of carboxylic acids is 1. The number of aliphatic carboxylic acids is 1. The first-order valence-corrected chi connectivity index (χ1v) is 6.25. The van der Waals surface area contributed by atoms with Crippen LogP contribution in [-0.2, 0) is 9.59 Å². The molecule has 0 aliphatic carbocycles. The molecule has 0 aromatic carbocycles. The van der Waals surface area contributed by atoms with Gasteiger partial charge in [-0.3, -0.25) is 9.59 Å².